The van der Waals surface area contributed by atoms with Crippen molar-refractivity contribution >= 4 is 21.8 Å². The third-order valence-corrected chi connectivity index (χ3v) is 4.26. The van der Waals surface area contributed by atoms with Gasteiger partial charge in [-0.15, -0.1) is 0 Å². The van der Waals surface area contributed by atoms with Gasteiger partial charge >= 0.3 is 0 Å². The first-order chi connectivity index (χ1) is 10.0. The van der Waals surface area contributed by atoms with Gasteiger partial charge in [0.15, 0.2) is 0 Å². The minimum Gasteiger partial charge on any atom is -0.335 e. The van der Waals surface area contributed by atoms with Gasteiger partial charge in [0.1, 0.15) is 5.82 Å². The second-order valence-electron chi connectivity index (χ2n) is 4.97. The number of carbonyl (C=O) groups is 1. The molecule has 2 aromatic rings. The quantitative estimate of drug-likeness (QED) is 0.741. The lowest BCUT2D eigenvalue weighted by Crippen LogP contribution is -2.29. The largest absolute Gasteiger partial charge is 0.335 e. The molecule has 1 unspecified atom stereocenters. The second-order valence-corrected chi connectivity index (χ2v) is 5.53. The number of hydrogen-bond donors (Lipinski definition) is 0. The van der Waals surface area contributed by atoms with E-state index in [4.69, 9.17) is 0 Å². The fourth-order valence-corrected chi connectivity index (χ4v) is 2.45. The molecule has 0 aliphatic heterocycles. The summed E-state index contributed by atoms with van der Waals surface area (Å²) in [5.41, 5.74) is 2.68. The van der Waals surface area contributed by atoms with Crippen LogP contribution in [0.4, 0.5) is 4.39 Å². The van der Waals surface area contributed by atoms with Crippen molar-refractivity contribution in [2.24, 2.45) is 0 Å². The Morgan fingerprint density at radius 3 is 2.24 bits per heavy atom. The summed E-state index contributed by atoms with van der Waals surface area (Å²) in [5.74, 6) is -0.321. The minimum absolute atomic E-state index is 0.0482. The van der Waals surface area contributed by atoms with E-state index in [1.54, 1.807) is 24.1 Å². The Morgan fingerprint density at radius 2 is 1.71 bits per heavy atom. The van der Waals surface area contributed by atoms with Crippen LogP contribution in [0.3, 0.4) is 0 Å². The van der Waals surface area contributed by atoms with Crippen LogP contribution in [0, 0.1) is 5.82 Å². The molecule has 2 nitrogen and oxygen atoms in total. The van der Waals surface area contributed by atoms with E-state index in [9.17, 15) is 9.18 Å². The number of benzene rings is 2. The highest BCUT2D eigenvalue weighted by atomic mass is 79.9. The van der Waals surface area contributed by atoms with Crippen LogP contribution in [0.2, 0.25) is 0 Å². The Kier molecular flexibility index (Phi) is 5.12. The number of hydrogen-bond acceptors (Lipinski definition) is 1. The van der Waals surface area contributed by atoms with Crippen LogP contribution < -0.4 is 0 Å². The summed E-state index contributed by atoms with van der Waals surface area (Å²) in [6.07, 6.45) is 0. The van der Waals surface area contributed by atoms with Crippen molar-refractivity contribution in [1.82, 2.24) is 4.90 Å². The summed E-state index contributed by atoms with van der Waals surface area (Å²) in [6, 6.07) is 13.6. The van der Waals surface area contributed by atoms with Gasteiger partial charge in [-0.25, -0.2) is 4.39 Å². The Hall–Kier alpha value is -1.68. The molecule has 0 fully saturated rings. The summed E-state index contributed by atoms with van der Waals surface area (Å²) >= 11 is 3.38. The molecule has 110 valence electrons. The Bertz CT molecular complexity index is 610. The van der Waals surface area contributed by atoms with Crippen molar-refractivity contribution in [3.05, 3.63) is 71.0 Å². The predicted octanol–water partition coefficient (Wildman–Crippen LogP) is 4.55. The van der Waals surface area contributed by atoms with Gasteiger partial charge in [0, 0.05) is 17.9 Å². The predicted molar refractivity (Wildman–Crippen MR) is 86.0 cm³/mol. The standard InChI is InChI=1S/C17H17BrFNO/c1-12(14-7-9-16(19)10-8-14)20(2)17(21)15-5-3-13(11-18)4-6-15/h3-10,12H,11H2,1-2H3. The molecule has 1 atom stereocenters. The highest BCUT2D eigenvalue weighted by Gasteiger charge is 2.18. The van der Waals surface area contributed by atoms with Crippen LogP contribution >= 0.6 is 15.9 Å². The van der Waals surface area contributed by atoms with E-state index in [0.717, 1.165) is 16.5 Å². The van der Waals surface area contributed by atoms with E-state index >= 15 is 0 Å². The topological polar surface area (TPSA) is 20.3 Å². The molecule has 21 heavy (non-hydrogen) atoms. The highest BCUT2D eigenvalue weighted by molar-refractivity contribution is 9.08. The molecule has 0 N–H and O–H groups in total. The molecule has 2 aromatic carbocycles. The lowest BCUT2D eigenvalue weighted by Gasteiger charge is -2.25. The van der Waals surface area contributed by atoms with Gasteiger partial charge in [0.05, 0.1) is 6.04 Å². The fraction of sp³-hybridized carbons (Fsp3) is 0.235. The van der Waals surface area contributed by atoms with E-state index < -0.39 is 0 Å². The molecular weight excluding hydrogens is 333 g/mol. The number of halogens is 2. The Labute approximate surface area is 132 Å². The Morgan fingerprint density at radius 1 is 1.14 bits per heavy atom. The molecule has 0 saturated carbocycles. The summed E-state index contributed by atoms with van der Waals surface area (Å²) in [5, 5.41) is 0.767. The van der Waals surface area contributed by atoms with Crippen molar-refractivity contribution in [2.45, 2.75) is 18.3 Å². The molecule has 2 rings (SSSR count). The van der Waals surface area contributed by atoms with Crippen LogP contribution in [-0.4, -0.2) is 17.9 Å². The van der Waals surface area contributed by atoms with Gasteiger partial charge in [-0.05, 0) is 42.3 Å². The van der Waals surface area contributed by atoms with Crippen molar-refractivity contribution < 1.29 is 9.18 Å². The van der Waals surface area contributed by atoms with Gasteiger partial charge in [-0.3, -0.25) is 4.79 Å². The van der Waals surface area contributed by atoms with Crippen LogP contribution in [0.1, 0.15) is 34.5 Å². The average Bonchev–Trinajstić information content (AvgIpc) is 2.53. The zero-order chi connectivity index (χ0) is 15.4. The van der Waals surface area contributed by atoms with Gasteiger partial charge < -0.3 is 4.90 Å². The van der Waals surface area contributed by atoms with Crippen molar-refractivity contribution in [2.75, 3.05) is 7.05 Å². The van der Waals surface area contributed by atoms with Crippen molar-refractivity contribution in [1.29, 1.82) is 0 Å². The SMILES string of the molecule is CC(c1ccc(F)cc1)N(C)C(=O)c1ccc(CBr)cc1. The van der Waals surface area contributed by atoms with E-state index in [1.165, 1.54) is 12.1 Å². The zero-order valence-corrected chi connectivity index (χ0v) is 13.6. The number of carbonyl (C=O) groups excluding carboxylic acids is 1. The molecule has 0 aromatic heterocycles. The summed E-state index contributed by atoms with van der Waals surface area (Å²) < 4.78 is 13.0. The van der Waals surface area contributed by atoms with E-state index in [-0.39, 0.29) is 17.8 Å². The number of rotatable bonds is 4. The molecule has 0 spiro atoms. The second kappa shape index (κ2) is 6.85. The maximum atomic E-state index is 13.0. The molecule has 0 saturated heterocycles. The lowest BCUT2D eigenvalue weighted by molar-refractivity contribution is 0.0742. The maximum absolute atomic E-state index is 13.0. The first-order valence-electron chi connectivity index (χ1n) is 6.70. The normalized spacial score (nSPS) is 12.0. The number of amides is 1. The third kappa shape index (κ3) is 3.70. The molecule has 0 aliphatic rings. The lowest BCUT2D eigenvalue weighted by atomic mass is 10.1. The molecule has 4 heteroatoms. The molecule has 0 heterocycles. The van der Waals surface area contributed by atoms with E-state index in [2.05, 4.69) is 15.9 Å². The highest BCUT2D eigenvalue weighted by Crippen LogP contribution is 2.21. The van der Waals surface area contributed by atoms with Crippen LogP contribution in [0.5, 0.6) is 0 Å². The van der Waals surface area contributed by atoms with E-state index in [1.807, 2.05) is 31.2 Å². The van der Waals surface area contributed by atoms with Crippen LogP contribution in [0.15, 0.2) is 48.5 Å². The monoisotopic (exact) mass is 349 g/mol. The smallest absolute Gasteiger partial charge is 0.254 e. The molecule has 0 bridgehead atoms. The van der Waals surface area contributed by atoms with Gasteiger partial charge in [0.25, 0.3) is 5.91 Å². The maximum Gasteiger partial charge on any atom is 0.254 e. The average molecular weight is 350 g/mol. The fourth-order valence-electron chi connectivity index (χ4n) is 2.08. The zero-order valence-electron chi connectivity index (χ0n) is 12.0. The summed E-state index contributed by atoms with van der Waals surface area (Å²) in [6.45, 7) is 1.93. The third-order valence-electron chi connectivity index (χ3n) is 3.61. The molecular formula is C17H17BrFNO. The van der Waals surface area contributed by atoms with Crippen molar-refractivity contribution in [3.8, 4) is 0 Å². The summed E-state index contributed by atoms with van der Waals surface area (Å²) in [4.78, 5) is 14.1. The summed E-state index contributed by atoms with van der Waals surface area (Å²) in [7, 11) is 1.76. The Balaban J connectivity index is 2.15. The van der Waals surface area contributed by atoms with Crippen molar-refractivity contribution in [3.63, 3.8) is 0 Å². The number of alkyl halides is 1. The molecule has 0 radical (unpaired) electrons. The molecule has 0 aliphatic carbocycles. The van der Waals surface area contributed by atoms with Gasteiger partial charge in [0.2, 0.25) is 0 Å². The van der Waals surface area contributed by atoms with Crippen LogP contribution in [-0.2, 0) is 5.33 Å². The van der Waals surface area contributed by atoms with Crippen LogP contribution in [0.25, 0.3) is 0 Å². The first kappa shape index (κ1) is 15.7. The van der Waals surface area contributed by atoms with Gasteiger partial charge in [-0.1, -0.05) is 40.2 Å². The minimum atomic E-state index is -0.273. The number of nitrogens with zero attached hydrogens (tertiary/aromatic N) is 1. The van der Waals surface area contributed by atoms with Gasteiger partial charge in [-0.2, -0.15) is 0 Å². The first-order valence-corrected chi connectivity index (χ1v) is 7.82. The molecule has 1 amide bonds. The van der Waals surface area contributed by atoms with E-state index in [0.29, 0.717) is 5.56 Å².